The molecule has 4 nitrogen and oxygen atoms in total. The predicted molar refractivity (Wildman–Crippen MR) is 74.0 cm³/mol. The SMILES string of the molecule is N[C@H]1CCCc2ccc(OCCn3cccn3)cc21. The van der Waals surface area contributed by atoms with E-state index in [1.807, 2.05) is 23.0 Å². The van der Waals surface area contributed by atoms with E-state index in [4.69, 9.17) is 10.5 Å². The molecule has 1 atom stereocenters. The van der Waals surface area contributed by atoms with Gasteiger partial charge >= 0.3 is 0 Å². The van der Waals surface area contributed by atoms with Crippen LogP contribution in [0.1, 0.15) is 30.0 Å². The highest BCUT2D eigenvalue weighted by atomic mass is 16.5. The van der Waals surface area contributed by atoms with Crippen LogP contribution in [0.4, 0.5) is 0 Å². The van der Waals surface area contributed by atoms with E-state index in [0.717, 1.165) is 25.1 Å². The fourth-order valence-corrected chi connectivity index (χ4v) is 2.59. The molecule has 0 saturated carbocycles. The molecule has 1 aliphatic rings. The first-order chi connectivity index (χ1) is 9.33. The van der Waals surface area contributed by atoms with Gasteiger partial charge in [0.25, 0.3) is 0 Å². The lowest BCUT2D eigenvalue weighted by Crippen LogP contribution is -2.17. The molecule has 19 heavy (non-hydrogen) atoms. The number of aromatic nitrogens is 2. The van der Waals surface area contributed by atoms with Crippen LogP contribution in [0.5, 0.6) is 5.75 Å². The standard InChI is InChI=1S/C15H19N3O/c16-15-4-1-3-12-5-6-13(11-14(12)15)19-10-9-18-8-2-7-17-18/h2,5-8,11,15H,1,3-4,9-10,16H2/t15-/m0/s1. The molecule has 0 unspecified atom stereocenters. The quantitative estimate of drug-likeness (QED) is 0.914. The molecule has 0 fully saturated rings. The first kappa shape index (κ1) is 12.2. The smallest absolute Gasteiger partial charge is 0.119 e. The van der Waals surface area contributed by atoms with Crippen LogP contribution in [-0.4, -0.2) is 16.4 Å². The number of nitrogens with two attached hydrogens (primary N) is 1. The van der Waals surface area contributed by atoms with Crippen molar-refractivity contribution in [2.24, 2.45) is 5.73 Å². The first-order valence-corrected chi connectivity index (χ1v) is 6.81. The van der Waals surface area contributed by atoms with Crippen molar-refractivity contribution in [1.29, 1.82) is 0 Å². The van der Waals surface area contributed by atoms with Gasteiger partial charge in [-0.05, 0) is 48.6 Å². The van der Waals surface area contributed by atoms with E-state index < -0.39 is 0 Å². The molecular formula is C15H19N3O. The predicted octanol–water partition coefficient (Wildman–Crippen LogP) is 2.30. The number of rotatable bonds is 4. The average molecular weight is 257 g/mol. The van der Waals surface area contributed by atoms with Crippen LogP contribution >= 0.6 is 0 Å². The molecule has 4 heteroatoms. The van der Waals surface area contributed by atoms with Gasteiger partial charge < -0.3 is 10.5 Å². The first-order valence-electron chi connectivity index (χ1n) is 6.81. The molecule has 0 amide bonds. The van der Waals surface area contributed by atoms with Crippen LogP contribution in [0.15, 0.2) is 36.7 Å². The topological polar surface area (TPSA) is 53.1 Å². The molecule has 0 bridgehead atoms. The summed E-state index contributed by atoms with van der Waals surface area (Å²) in [5.41, 5.74) is 8.78. The summed E-state index contributed by atoms with van der Waals surface area (Å²) in [6, 6.07) is 8.37. The maximum Gasteiger partial charge on any atom is 0.119 e. The number of fused-ring (bicyclic) bond motifs is 1. The highest BCUT2D eigenvalue weighted by molar-refractivity contribution is 5.39. The lowest BCUT2D eigenvalue weighted by molar-refractivity contribution is 0.290. The number of hydrogen-bond acceptors (Lipinski definition) is 3. The van der Waals surface area contributed by atoms with Crippen LogP contribution in [0.25, 0.3) is 0 Å². The zero-order valence-corrected chi connectivity index (χ0v) is 11.0. The van der Waals surface area contributed by atoms with Crippen molar-refractivity contribution < 1.29 is 4.74 Å². The van der Waals surface area contributed by atoms with Crippen molar-refractivity contribution in [2.45, 2.75) is 31.8 Å². The monoisotopic (exact) mass is 257 g/mol. The molecule has 0 spiro atoms. The third-order valence-electron chi connectivity index (χ3n) is 3.63. The Balaban J connectivity index is 1.63. The summed E-state index contributed by atoms with van der Waals surface area (Å²) in [5.74, 6) is 0.906. The molecule has 2 N–H and O–H groups in total. The fourth-order valence-electron chi connectivity index (χ4n) is 2.59. The second-order valence-corrected chi connectivity index (χ2v) is 4.98. The van der Waals surface area contributed by atoms with Crippen molar-refractivity contribution in [3.63, 3.8) is 0 Å². The second-order valence-electron chi connectivity index (χ2n) is 4.98. The van der Waals surface area contributed by atoms with Gasteiger partial charge in [-0.15, -0.1) is 0 Å². The van der Waals surface area contributed by atoms with Gasteiger partial charge in [0.05, 0.1) is 6.54 Å². The van der Waals surface area contributed by atoms with Gasteiger partial charge in [0, 0.05) is 18.4 Å². The van der Waals surface area contributed by atoms with E-state index in [2.05, 4.69) is 17.2 Å². The Morgan fingerprint density at radius 2 is 2.37 bits per heavy atom. The third-order valence-corrected chi connectivity index (χ3v) is 3.63. The summed E-state index contributed by atoms with van der Waals surface area (Å²) in [6.07, 6.45) is 7.11. The van der Waals surface area contributed by atoms with Crippen LogP contribution in [0, 0.1) is 0 Å². The lowest BCUT2D eigenvalue weighted by Gasteiger charge is -2.22. The Morgan fingerprint density at radius 1 is 1.42 bits per heavy atom. The van der Waals surface area contributed by atoms with Gasteiger partial charge in [-0.3, -0.25) is 4.68 Å². The largest absolute Gasteiger partial charge is 0.492 e. The highest BCUT2D eigenvalue weighted by Crippen LogP contribution is 2.30. The fraction of sp³-hybridized carbons (Fsp3) is 0.400. The zero-order chi connectivity index (χ0) is 13.1. The molecule has 3 rings (SSSR count). The molecule has 1 aromatic heterocycles. The molecule has 1 aromatic carbocycles. The van der Waals surface area contributed by atoms with Crippen LogP contribution in [0.3, 0.4) is 0 Å². The molecule has 1 aliphatic carbocycles. The Labute approximate surface area is 113 Å². The summed E-state index contributed by atoms with van der Waals surface area (Å²) in [6.45, 7) is 1.38. The molecule has 0 aliphatic heterocycles. The molecule has 0 radical (unpaired) electrons. The highest BCUT2D eigenvalue weighted by Gasteiger charge is 2.17. The Hall–Kier alpha value is -1.81. The number of aryl methyl sites for hydroxylation is 1. The van der Waals surface area contributed by atoms with E-state index in [9.17, 15) is 0 Å². The van der Waals surface area contributed by atoms with Crippen LogP contribution < -0.4 is 10.5 Å². The minimum absolute atomic E-state index is 0.165. The van der Waals surface area contributed by atoms with E-state index in [0.29, 0.717) is 6.61 Å². The van der Waals surface area contributed by atoms with Crippen molar-refractivity contribution in [3.05, 3.63) is 47.8 Å². The lowest BCUT2D eigenvalue weighted by atomic mass is 9.88. The summed E-state index contributed by atoms with van der Waals surface area (Å²) < 4.78 is 7.64. The molecular weight excluding hydrogens is 238 g/mol. The van der Waals surface area contributed by atoms with Gasteiger partial charge in [0.2, 0.25) is 0 Å². The van der Waals surface area contributed by atoms with E-state index in [-0.39, 0.29) is 6.04 Å². The summed E-state index contributed by atoms with van der Waals surface area (Å²) in [7, 11) is 0. The summed E-state index contributed by atoms with van der Waals surface area (Å²) in [5, 5.41) is 4.15. The van der Waals surface area contributed by atoms with E-state index >= 15 is 0 Å². The third kappa shape index (κ3) is 2.79. The van der Waals surface area contributed by atoms with Crippen LogP contribution in [-0.2, 0) is 13.0 Å². The number of benzene rings is 1. The van der Waals surface area contributed by atoms with E-state index in [1.165, 1.54) is 17.5 Å². The molecule has 0 saturated heterocycles. The maximum absolute atomic E-state index is 6.15. The van der Waals surface area contributed by atoms with Crippen molar-refractivity contribution in [1.82, 2.24) is 9.78 Å². The van der Waals surface area contributed by atoms with E-state index in [1.54, 1.807) is 6.20 Å². The van der Waals surface area contributed by atoms with Gasteiger partial charge in [-0.2, -0.15) is 5.10 Å². The zero-order valence-electron chi connectivity index (χ0n) is 11.0. The van der Waals surface area contributed by atoms with Crippen LogP contribution in [0.2, 0.25) is 0 Å². The Kier molecular flexibility index (Phi) is 3.51. The maximum atomic E-state index is 6.15. The van der Waals surface area contributed by atoms with Gasteiger partial charge in [0.15, 0.2) is 0 Å². The Bertz CT molecular complexity index is 536. The van der Waals surface area contributed by atoms with Gasteiger partial charge in [-0.25, -0.2) is 0 Å². The van der Waals surface area contributed by atoms with Crippen molar-refractivity contribution in [2.75, 3.05) is 6.61 Å². The minimum atomic E-state index is 0.165. The number of nitrogens with zero attached hydrogens (tertiary/aromatic N) is 2. The average Bonchev–Trinajstić information content (AvgIpc) is 2.93. The normalized spacial score (nSPS) is 18.1. The van der Waals surface area contributed by atoms with Gasteiger partial charge in [0.1, 0.15) is 12.4 Å². The summed E-state index contributed by atoms with van der Waals surface area (Å²) in [4.78, 5) is 0. The van der Waals surface area contributed by atoms with Crippen molar-refractivity contribution >= 4 is 0 Å². The second kappa shape index (κ2) is 5.45. The Morgan fingerprint density at radius 3 is 3.21 bits per heavy atom. The number of hydrogen-bond donors (Lipinski definition) is 1. The van der Waals surface area contributed by atoms with Crippen molar-refractivity contribution in [3.8, 4) is 5.75 Å². The molecule has 2 aromatic rings. The molecule has 100 valence electrons. The minimum Gasteiger partial charge on any atom is -0.492 e. The van der Waals surface area contributed by atoms with Gasteiger partial charge in [-0.1, -0.05) is 6.07 Å². The summed E-state index contributed by atoms with van der Waals surface area (Å²) >= 11 is 0. The molecule has 1 heterocycles. The number of ether oxygens (including phenoxy) is 1.